The predicted molar refractivity (Wildman–Crippen MR) is 90.7 cm³/mol. The Labute approximate surface area is 137 Å². The van der Waals surface area contributed by atoms with Gasteiger partial charge >= 0.3 is 0 Å². The van der Waals surface area contributed by atoms with E-state index >= 15 is 0 Å². The van der Waals surface area contributed by atoms with E-state index in [9.17, 15) is 0 Å². The highest BCUT2D eigenvalue weighted by Gasteiger charge is 2.15. The molecule has 0 radical (unpaired) electrons. The molecule has 114 valence electrons. The van der Waals surface area contributed by atoms with Gasteiger partial charge in [-0.1, -0.05) is 0 Å². The Kier molecular flexibility index (Phi) is 7.90. The molecule has 2 heterocycles. The maximum Gasteiger partial charge on any atom is 0.191 e. The summed E-state index contributed by atoms with van der Waals surface area (Å²) in [6.07, 6.45) is 7.50. The molecular formula is C13H24IN5O. The van der Waals surface area contributed by atoms with Crippen LogP contribution in [0.3, 0.4) is 0 Å². The first-order valence-corrected chi connectivity index (χ1v) is 6.81. The lowest BCUT2D eigenvalue weighted by molar-refractivity contribution is 0.114. The highest BCUT2D eigenvalue weighted by Crippen LogP contribution is 2.10. The van der Waals surface area contributed by atoms with Crippen molar-refractivity contribution in [2.45, 2.75) is 25.4 Å². The van der Waals surface area contributed by atoms with Crippen LogP contribution in [0.15, 0.2) is 17.4 Å². The van der Waals surface area contributed by atoms with Crippen LogP contribution in [0.4, 0.5) is 0 Å². The Hall–Kier alpha value is -0.830. The van der Waals surface area contributed by atoms with E-state index in [-0.39, 0.29) is 24.0 Å². The van der Waals surface area contributed by atoms with Crippen molar-refractivity contribution in [1.82, 2.24) is 20.4 Å². The number of hydrogen-bond donors (Lipinski definition) is 2. The fraction of sp³-hybridized carbons (Fsp3) is 0.692. The topological polar surface area (TPSA) is 63.5 Å². The summed E-state index contributed by atoms with van der Waals surface area (Å²) in [4.78, 5) is 4.20. The molecule has 0 bridgehead atoms. The smallest absolute Gasteiger partial charge is 0.191 e. The molecule has 0 aliphatic carbocycles. The van der Waals surface area contributed by atoms with Gasteiger partial charge in [0.2, 0.25) is 0 Å². The van der Waals surface area contributed by atoms with Gasteiger partial charge in [-0.15, -0.1) is 24.0 Å². The standard InChI is InChI=1S/C13H23N5O.HI/c1-14-13(16-9-12-4-3-7-19-12)15-6-5-11-8-17-18(2)10-11;/h8,10,12H,3-7,9H2,1-2H3,(H2,14,15,16);1H. The lowest BCUT2D eigenvalue weighted by Gasteiger charge is -2.14. The Morgan fingerprint density at radius 2 is 2.40 bits per heavy atom. The Balaban J connectivity index is 0.00000200. The maximum absolute atomic E-state index is 5.57. The molecule has 0 amide bonds. The molecule has 1 saturated heterocycles. The third-order valence-corrected chi connectivity index (χ3v) is 3.21. The molecule has 0 spiro atoms. The lowest BCUT2D eigenvalue weighted by Crippen LogP contribution is -2.41. The van der Waals surface area contributed by atoms with Crippen molar-refractivity contribution in [2.24, 2.45) is 12.0 Å². The minimum atomic E-state index is 0. The second kappa shape index (κ2) is 9.17. The van der Waals surface area contributed by atoms with E-state index in [1.807, 2.05) is 24.1 Å². The molecule has 1 fully saturated rings. The predicted octanol–water partition coefficient (Wildman–Crippen LogP) is 0.925. The number of ether oxygens (including phenoxy) is 1. The van der Waals surface area contributed by atoms with Crippen LogP contribution in [0, 0.1) is 0 Å². The minimum Gasteiger partial charge on any atom is -0.376 e. The summed E-state index contributed by atoms with van der Waals surface area (Å²) >= 11 is 0. The number of aromatic nitrogens is 2. The van der Waals surface area contributed by atoms with Gasteiger partial charge < -0.3 is 15.4 Å². The third kappa shape index (κ3) is 5.66. The molecule has 1 aliphatic heterocycles. The van der Waals surface area contributed by atoms with Crippen molar-refractivity contribution in [3.63, 3.8) is 0 Å². The molecule has 1 aromatic rings. The van der Waals surface area contributed by atoms with E-state index < -0.39 is 0 Å². The van der Waals surface area contributed by atoms with Gasteiger partial charge in [0.05, 0.1) is 12.3 Å². The van der Waals surface area contributed by atoms with Gasteiger partial charge in [-0.05, 0) is 24.8 Å². The van der Waals surface area contributed by atoms with Crippen molar-refractivity contribution in [2.75, 3.05) is 26.7 Å². The largest absolute Gasteiger partial charge is 0.376 e. The number of hydrogen-bond acceptors (Lipinski definition) is 3. The minimum absolute atomic E-state index is 0. The number of nitrogens with zero attached hydrogens (tertiary/aromatic N) is 3. The summed E-state index contributed by atoms with van der Waals surface area (Å²) in [7, 11) is 3.72. The summed E-state index contributed by atoms with van der Waals surface area (Å²) in [6.45, 7) is 2.56. The lowest BCUT2D eigenvalue weighted by atomic mass is 10.2. The van der Waals surface area contributed by atoms with Crippen molar-refractivity contribution in [3.05, 3.63) is 18.0 Å². The van der Waals surface area contributed by atoms with Crippen molar-refractivity contribution in [3.8, 4) is 0 Å². The van der Waals surface area contributed by atoms with E-state index in [0.29, 0.717) is 6.10 Å². The average molecular weight is 393 g/mol. The van der Waals surface area contributed by atoms with E-state index in [4.69, 9.17) is 4.74 Å². The molecule has 1 atom stereocenters. The zero-order chi connectivity index (χ0) is 13.5. The molecule has 1 aliphatic rings. The summed E-state index contributed by atoms with van der Waals surface area (Å²) in [6, 6.07) is 0. The highest BCUT2D eigenvalue weighted by atomic mass is 127. The van der Waals surface area contributed by atoms with Gasteiger partial charge in [-0.3, -0.25) is 9.67 Å². The Morgan fingerprint density at radius 1 is 1.55 bits per heavy atom. The quantitative estimate of drug-likeness (QED) is 0.444. The van der Waals surface area contributed by atoms with E-state index in [2.05, 4.69) is 20.7 Å². The Bertz CT molecular complexity index is 415. The molecule has 7 heteroatoms. The molecule has 1 unspecified atom stereocenters. The molecule has 2 rings (SSSR count). The molecule has 1 aromatic heterocycles. The number of nitrogens with one attached hydrogen (secondary N) is 2. The molecule has 6 nitrogen and oxygen atoms in total. The van der Waals surface area contributed by atoms with Gasteiger partial charge in [-0.2, -0.15) is 5.10 Å². The third-order valence-electron chi connectivity index (χ3n) is 3.21. The number of aryl methyl sites for hydroxylation is 1. The maximum atomic E-state index is 5.57. The summed E-state index contributed by atoms with van der Waals surface area (Å²) < 4.78 is 7.39. The molecule has 0 saturated carbocycles. The van der Waals surface area contributed by atoms with Crippen LogP contribution in [0.25, 0.3) is 0 Å². The van der Waals surface area contributed by atoms with Gasteiger partial charge in [0.15, 0.2) is 5.96 Å². The number of rotatable bonds is 5. The van der Waals surface area contributed by atoms with Crippen molar-refractivity contribution in [1.29, 1.82) is 0 Å². The summed E-state index contributed by atoms with van der Waals surface area (Å²) in [5.41, 5.74) is 1.23. The van der Waals surface area contributed by atoms with Crippen LogP contribution < -0.4 is 10.6 Å². The number of halogens is 1. The molecular weight excluding hydrogens is 369 g/mol. The zero-order valence-corrected chi connectivity index (χ0v) is 14.5. The normalized spacial score (nSPS) is 18.7. The molecule has 0 aromatic carbocycles. The first kappa shape index (κ1) is 17.2. The monoisotopic (exact) mass is 393 g/mol. The fourth-order valence-corrected chi connectivity index (χ4v) is 2.16. The van der Waals surface area contributed by atoms with Crippen molar-refractivity contribution < 1.29 is 4.74 Å². The van der Waals surface area contributed by atoms with Crippen LogP contribution in [-0.4, -0.2) is 48.6 Å². The van der Waals surface area contributed by atoms with Gasteiger partial charge in [-0.25, -0.2) is 0 Å². The van der Waals surface area contributed by atoms with E-state index in [0.717, 1.165) is 38.5 Å². The molecule has 2 N–H and O–H groups in total. The van der Waals surface area contributed by atoms with Crippen LogP contribution in [0.1, 0.15) is 18.4 Å². The summed E-state index contributed by atoms with van der Waals surface area (Å²) in [5, 5.41) is 10.7. The average Bonchev–Trinajstić information content (AvgIpc) is 3.05. The van der Waals surface area contributed by atoms with Crippen molar-refractivity contribution >= 4 is 29.9 Å². The van der Waals surface area contributed by atoms with Crippen LogP contribution in [0.2, 0.25) is 0 Å². The van der Waals surface area contributed by atoms with Gasteiger partial charge in [0.25, 0.3) is 0 Å². The Morgan fingerprint density at radius 3 is 3.00 bits per heavy atom. The first-order valence-electron chi connectivity index (χ1n) is 6.81. The zero-order valence-electron chi connectivity index (χ0n) is 12.1. The second-order valence-corrected chi connectivity index (χ2v) is 4.79. The van der Waals surface area contributed by atoms with E-state index in [1.165, 1.54) is 12.0 Å². The van der Waals surface area contributed by atoms with Crippen LogP contribution in [0.5, 0.6) is 0 Å². The van der Waals surface area contributed by atoms with E-state index in [1.54, 1.807) is 7.05 Å². The number of aliphatic imine (C=N–C) groups is 1. The molecule has 20 heavy (non-hydrogen) atoms. The second-order valence-electron chi connectivity index (χ2n) is 4.79. The van der Waals surface area contributed by atoms with Crippen LogP contribution in [-0.2, 0) is 18.2 Å². The first-order chi connectivity index (χ1) is 9.28. The fourth-order valence-electron chi connectivity index (χ4n) is 2.16. The number of guanidine groups is 1. The van der Waals surface area contributed by atoms with Gasteiger partial charge in [0.1, 0.15) is 0 Å². The van der Waals surface area contributed by atoms with Gasteiger partial charge in [0, 0.05) is 40.0 Å². The summed E-state index contributed by atoms with van der Waals surface area (Å²) in [5.74, 6) is 0.833. The van der Waals surface area contributed by atoms with Crippen LogP contribution >= 0.6 is 24.0 Å². The SMILES string of the molecule is CN=C(NCCc1cnn(C)c1)NCC1CCCO1.I. The highest BCUT2D eigenvalue weighted by molar-refractivity contribution is 14.0.